The number of thiazole rings is 1. The lowest BCUT2D eigenvalue weighted by molar-refractivity contribution is 0.0527. The Kier molecular flexibility index (Phi) is 7.44. The largest absolute Gasteiger partial charge is 0.506 e. The fourth-order valence-corrected chi connectivity index (χ4v) is 6.85. The Morgan fingerprint density at radius 2 is 2.06 bits per heavy atom. The number of hydrogen-bond acceptors (Lipinski definition) is 7. The van der Waals surface area contributed by atoms with Gasteiger partial charge in [0.25, 0.3) is 0 Å². The summed E-state index contributed by atoms with van der Waals surface area (Å²) in [4.78, 5) is 20.2. The molecule has 0 radical (unpaired) electrons. The second-order valence-electron chi connectivity index (χ2n) is 9.11. The second kappa shape index (κ2) is 10.6. The van der Waals surface area contributed by atoms with Crippen molar-refractivity contribution in [2.45, 2.75) is 42.4 Å². The Hall–Kier alpha value is -2.33. The molecule has 2 aromatic heterocycles. The maximum absolute atomic E-state index is 13.4. The fourth-order valence-electron chi connectivity index (χ4n) is 4.54. The molecule has 0 unspecified atom stereocenters. The summed E-state index contributed by atoms with van der Waals surface area (Å²) in [5, 5.41) is 13.9. The third-order valence-electron chi connectivity index (χ3n) is 6.17. The predicted molar refractivity (Wildman–Crippen MR) is 150 cm³/mol. The van der Waals surface area contributed by atoms with E-state index in [2.05, 4.69) is 38.0 Å². The lowest BCUT2D eigenvalue weighted by Crippen LogP contribution is -2.13. The number of thioether (sulfide) groups is 1. The first-order chi connectivity index (χ1) is 17.4. The topological polar surface area (TPSA) is 67.6 Å². The number of carbonyl (C=O) groups excluding carboxylic acids is 1. The summed E-state index contributed by atoms with van der Waals surface area (Å²) in [6, 6.07) is 12.4. The van der Waals surface area contributed by atoms with E-state index in [1.165, 1.54) is 0 Å². The quantitative estimate of drug-likeness (QED) is 0.167. The number of hydrogen-bond donors (Lipinski definition) is 1. The molecule has 1 aliphatic rings. The lowest BCUT2D eigenvalue weighted by atomic mass is 10.0. The molecule has 0 saturated heterocycles. The molecule has 5 rings (SSSR count). The third kappa shape index (κ3) is 4.94. The Labute approximate surface area is 227 Å². The van der Waals surface area contributed by atoms with Gasteiger partial charge < -0.3 is 19.3 Å². The standard InChI is InChI=1S/C27H28BrN3O3S2/c1-4-34-26(33)24-22(15-36-27-29-20(14-35-27)16-8-6-5-7-9-16)31(17-10-11-17)21-12-19(28)25(32)18(23(21)24)13-30(2)3/h5-9,12,14,17,32H,4,10-11,13,15H2,1-3H3. The van der Waals surface area contributed by atoms with Crippen LogP contribution < -0.4 is 0 Å². The van der Waals surface area contributed by atoms with Gasteiger partial charge in [-0.1, -0.05) is 42.1 Å². The van der Waals surface area contributed by atoms with E-state index in [-0.39, 0.29) is 11.7 Å². The minimum absolute atomic E-state index is 0.168. The summed E-state index contributed by atoms with van der Waals surface area (Å²) >= 11 is 6.80. The highest BCUT2D eigenvalue weighted by Gasteiger charge is 2.34. The first-order valence-electron chi connectivity index (χ1n) is 11.9. The number of phenolic OH excluding ortho intramolecular Hbond substituents is 1. The number of rotatable bonds is 9. The average Bonchev–Trinajstić information content (AvgIpc) is 3.48. The molecule has 188 valence electrons. The summed E-state index contributed by atoms with van der Waals surface area (Å²) < 4.78 is 9.43. The number of esters is 1. The molecule has 2 aromatic carbocycles. The highest BCUT2D eigenvalue weighted by Crippen LogP contribution is 2.47. The highest BCUT2D eigenvalue weighted by molar-refractivity contribution is 9.10. The molecular formula is C27H28BrN3O3S2. The van der Waals surface area contributed by atoms with Crippen molar-refractivity contribution in [2.75, 3.05) is 20.7 Å². The summed E-state index contributed by atoms with van der Waals surface area (Å²) in [7, 11) is 3.91. The Balaban J connectivity index is 1.62. The van der Waals surface area contributed by atoms with Gasteiger partial charge in [0.05, 0.1) is 27.9 Å². The molecule has 1 fully saturated rings. The average molecular weight is 587 g/mol. The van der Waals surface area contributed by atoms with Crippen molar-refractivity contribution in [3.05, 3.63) is 63.1 Å². The van der Waals surface area contributed by atoms with Crippen molar-refractivity contribution in [2.24, 2.45) is 0 Å². The van der Waals surface area contributed by atoms with Crippen LogP contribution in [0.3, 0.4) is 0 Å². The molecule has 6 nitrogen and oxygen atoms in total. The smallest absolute Gasteiger partial charge is 0.340 e. The van der Waals surface area contributed by atoms with Crippen LogP contribution in [0.25, 0.3) is 22.2 Å². The summed E-state index contributed by atoms with van der Waals surface area (Å²) in [6.45, 7) is 2.62. The first-order valence-corrected chi connectivity index (χ1v) is 14.6. The van der Waals surface area contributed by atoms with Gasteiger partial charge in [-0.2, -0.15) is 0 Å². The molecule has 36 heavy (non-hydrogen) atoms. The maximum Gasteiger partial charge on any atom is 0.340 e. The number of phenols is 1. The minimum Gasteiger partial charge on any atom is -0.506 e. The van der Waals surface area contributed by atoms with E-state index < -0.39 is 0 Å². The zero-order chi connectivity index (χ0) is 25.4. The molecular weight excluding hydrogens is 558 g/mol. The number of aromatic nitrogens is 2. The van der Waals surface area contributed by atoms with Crippen molar-refractivity contribution in [3.63, 3.8) is 0 Å². The Morgan fingerprint density at radius 1 is 1.31 bits per heavy atom. The van der Waals surface area contributed by atoms with Crippen LogP contribution in [0.2, 0.25) is 0 Å². The highest BCUT2D eigenvalue weighted by atomic mass is 79.9. The van der Waals surface area contributed by atoms with E-state index in [4.69, 9.17) is 9.72 Å². The molecule has 2 heterocycles. The number of carbonyl (C=O) groups is 1. The molecule has 9 heteroatoms. The van der Waals surface area contributed by atoms with E-state index in [1.807, 2.05) is 50.2 Å². The van der Waals surface area contributed by atoms with Crippen molar-refractivity contribution in [1.82, 2.24) is 14.5 Å². The zero-order valence-electron chi connectivity index (χ0n) is 20.5. The zero-order valence-corrected chi connectivity index (χ0v) is 23.7. The second-order valence-corrected chi connectivity index (χ2v) is 12.0. The van der Waals surface area contributed by atoms with Crippen molar-refractivity contribution >= 4 is 55.9 Å². The van der Waals surface area contributed by atoms with Gasteiger partial charge in [-0.05, 0) is 55.9 Å². The van der Waals surface area contributed by atoms with Crippen LogP contribution in [0.1, 0.15) is 47.4 Å². The molecule has 0 amide bonds. The SMILES string of the molecule is CCOC(=O)c1c(CSc2nc(-c3ccccc3)cs2)n(C2CC2)c2cc(Br)c(O)c(CN(C)C)c12. The van der Waals surface area contributed by atoms with Gasteiger partial charge in [0.2, 0.25) is 0 Å². The molecule has 0 spiro atoms. The van der Waals surface area contributed by atoms with Crippen LogP contribution in [0.5, 0.6) is 5.75 Å². The number of halogens is 1. The van der Waals surface area contributed by atoms with Crippen molar-refractivity contribution in [3.8, 4) is 17.0 Å². The van der Waals surface area contributed by atoms with E-state index in [1.54, 1.807) is 23.1 Å². The van der Waals surface area contributed by atoms with Crippen LogP contribution in [-0.4, -0.2) is 46.2 Å². The van der Waals surface area contributed by atoms with Crippen molar-refractivity contribution < 1.29 is 14.6 Å². The predicted octanol–water partition coefficient (Wildman–Crippen LogP) is 7.10. The lowest BCUT2D eigenvalue weighted by Gasteiger charge is -2.15. The normalized spacial score (nSPS) is 13.6. The molecule has 0 atom stereocenters. The number of fused-ring (bicyclic) bond motifs is 1. The van der Waals surface area contributed by atoms with E-state index >= 15 is 0 Å². The van der Waals surface area contributed by atoms with Gasteiger partial charge in [-0.15, -0.1) is 11.3 Å². The third-order valence-corrected chi connectivity index (χ3v) is 8.81. The van der Waals surface area contributed by atoms with Gasteiger partial charge in [0.1, 0.15) is 5.75 Å². The van der Waals surface area contributed by atoms with Gasteiger partial charge in [-0.25, -0.2) is 9.78 Å². The first kappa shape index (κ1) is 25.3. The number of benzene rings is 2. The Morgan fingerprint density at radius 3 is 2.72 bits per heavy atom. The number of ether oxygens (including phenoxy) is 1. The fraction of sp³-hybridized carbons (Fsp3) is 0.333. The number of nitrogens with zero attached hydrogens (tertiary/aromatic N) is 3. The van der Waals surface area contributed by atoms with Gasteiger partial charge in [-0.3, -0.25) is 0 Å². The van der Waals surface area contributed by atoms with E-state index in [9.17, 15) is 9.90 Å². The maximum atomic E-state index is 13.4. The molecule has 0 aliphatic heterocycles. The number of aromatic hydroxyl groups is 1. The summed E-state index contributed by atoms with van der Waals surface area (Å²) in [6.07, 6.45) is 2.14. The molecule has 0 bridgehead atoms. The molecule has 1 saturated carbocycles. The van der Waals surface area contributed by atoms with Crippen LogP contribution in [0.15, 0.2) is 50.6 Å². The van der Waals surface area contributed by atoms with Crippen molar-refractivity contribution in [1.29, 1.82) is 0 Å². The van der Waals surface area contributed by atoms with Crippen LogP contribution in [0.4, 0.5) is 0 Å². The minimum atomic E-state index is -0.344. The van der Waals surface area contributed by atoms with Gasteiger partial charge in [0.15, 0.2) is 4.34 Å². The van der Waals surface area contributed by atoms with E-state index in [0.29, 0.717) is 35.0 Å². The van der Waals surface area contributed by atoms with Crippen LogP contribution in [0, 0.1) is 0 Å². The summed E-state index contributed by atoms with van der Waals surface area (Å²) in [5.41, 5.74) is 5.24. The monoisotopic (exact) mass is 585 g/mol. The Bertz CT molecular complexity index is 1410. The molecule has 1 N–H and O–H groups in total. The summed E-state index contributed by atoms with van der Waals surface area (Å²) in [5.74, 6) is 0.408. The van der Waals surface area contributed by atoms with Crippen LogP contribution >= 0.6 is 39.0 Å². The van der Waals surface area contributed by atoms with Gasteiger partial charge in [0, 0.05) is 45.9 Å². The van der Waals surface area contributed by atoms with E-state index in [0.717, 1.165) is 50.6 Å². The molecule has 4 aromatic rings. The van der Waals surface area contributed by atoms with Gasteiger partial charge >= 0.3 is 5.97 Å². The molecule has 1 aliphatic carbocycles. The van der Waals surface area contributed by atoms with Crippen LogP contribution in [-0.2, 0) is 17.0 Å².